The van der Waals surface area contributed by atoms with E-state index in [1.165, 1.54) is 0 Å². The number of aromatic amines is 1. The first kappa shape index (κ1) is 16.8. The molecule has 0 aliphatic carbocycles. The Morgan fingerprint density at radius 1 is 1.08 bits per heavy atom. The van der Waals surface area contributed by atoms with E-state index in [1.807, 2.05) is 47.5 Å². The molecule has 1 amide bonds. The normalized spacial score (nSPS) is 16.0. The van der Waals surface area contributed by atoms with Crippen molar-refractivity contribution in [2.45, 2.75) is 12.8 Å². The van der Waals surface area contributed by atoms with Gasteiger partial charge in [0.2, 0.25) is 5.91 Å². The predicted octanol–water partition coefficient (Wildman–Crippen LogP) is 4.05. The first-order chi connectivity index (χ1) is 12.8. The van der Waals surface area contributed by atoms with E-state index in [0.717, 1.165) is 53.8 Å². The topological polar surface area (TPSA) is 57.4 Å². The molecule has 5 nitrogen and oxygen atoms in total. The highest BCUT2D eigenvalue weighted by molar-refractivity contribution is 6.08. The SMILES string of the molecule is CON1CCC(C(=O)Nc2c(-c3ccccc3)[nH]c3ccccc23)CC1. The number of amides is 1. The summed E-state index contributed by atoms with van der Waals surface area (Å²) < 4.78 is 0. The molecular formula is C21H23N3O2. The molecule has 2 heterocycles. The van der Waals surface area contributed by atoms with Gasteiger partial charge in [0.1, 0.15) is 0 Å². The van der Waals surface area contributed by atoms with Crippen molar-refractivity contribution < 1.29 is 9.63 Å². The maximum atomic E-state index is 12.9. The Hall–Kier alpha value is -2.63. The van der Waals surface area contributed by atoms with Crippen LogP contribution in [0.2, 0.25) is 0 Å². The Morgan fingerprint density at radius 3 is 2.50 bits per heavy atom. The number of piperidine rings is 1. The summed E-state index contributed by atoms with van der Waals surface area (Å²) in [5.74, 6) is 0.0985. The third-order valence-corrected chi connectivity index (χ3v) is 5.10. The zero-order valence-electron chi connectivity index (χ0n) is 14.9. The molecule has 1 fully saturated rings. The Bertz CT molecular complexity index is 896. The van der Waals surface area contributed by atoms with E-state index in [9.17, 15) is 4.79 Å². The quantitative estimate of drug-likeness (QED) is 0.747. The van der Waals surface area contributed by atoms with Crippen molar-refractivity contribution >= 4 is 22.5 Å². The highest BCUT2D eigenvalue weighted by atomic mass is 16.7. The third-order valence-electron chi connectivity index (χ3n) is 5.10. The van der Waals surface area contributed by atoms with Gasteiger partial charge in [-0.1, -0.05) is 48.5 Å². The minimum Gasteiger partial charge on any atom is -0.353 e. The second kappa shape index (κ2) is 7.32. The molecule has 0 unspecified atom stereocenters. The number of aromatic nitrogens is 1. The van der Waals surface area contributed by atoms with E-state index in [0.29, 0.717) is 0 Å². The number of fused-ring (bicyclic) bond motifs is 1. The minimum absolute atomic E-state index is 0.0127. The number of para-hydroxylation sites is 1. The fraction of sp³-hybridized carbons (Fsp3) is 0.286. The molecule has 26 heavy (non-hydrogen) atoms. The molecule has 0 atom stereocenters. The maximum absolute atomic E-state index is 12.9. The van der Waals surface area contributed by atoms with Gasteiger partial charge in [0.05, 0.1) is 18.5 Å². The molecule has 134 valence electrons. The first-order valence-corrected chi connectivity index (χ1v) is 9.02. The molecule has 2 N–H and O–H groups in total. The number of hydroxylamine groups is 2. The van der Waals surface area contributed by atoms with E-state index in [4.69, 9.17) is 4.84 Å². The van der Waals surface area contributed by atoms with Crippen LogP contribution in [-0.4, -0.2) is 36.2 Å². The summed E-state index contributed by atoms with van der Waals surface area (Å²) in [6.45, 7) is 1.57. The molecule has 0 bridgehead atoms. The van der Waals surface area contributed by atoms with Crippen LogP contribution in [0, 0.1) is 5.92 Å². The summed E-state index contributed by atoms with van der Waals surface area (Å²) in [5, 5.41) is 6.15. The first-order valence-electron chi connectivity index (χ1n) is 9.02. The van der Waals surface area contributed by atoms with Crippen LogP contribution in [0.3, 0.4) is 0 Å². The largest absolute Gasteiger partial charge is 0.353 e. The number of carbonyl (C=O) groups is 1. The number of hydrogen-bond acceptors (Lipinski definition) is 3. The highest BCUT2D eigenvalue weighted by Gasteiger charge is 2.26. The standard InChI is InChI=1S/C21H23N3O2/c1-26-24-13-11-16(12-14-24)21(25)23-20-17-9-5-6-10-18(17)22-19(20)15-7-3-2-4-8-15/h2-10,16,22H,11-14H2,1H3,(H,23,25). The number of rotatable bonds is 4. The van der Waals surface area contributed by atoms with Crippen molar-refractivity contribution in [3.05, 3.63) is 54.6 Å². The second-order valence-corrected chi connectivity index (χ2v) is 6.66. The number of nitrogens with zero attached hydrogens (tertiary/aromatic N) is 1. The molecule has 4 rings (SSSR count). The average Bonchev–Trinajstić information content (AvgIpc) is 3.07. The number of benzene rings is 2. The van der Waals surface area contributed by atoms with Crippen LogP contribution in [-0.2, 0) is 9.63 Å². The van der Waals surface area contributed by atoms with Gasteiger partial charge in [-0.25, -0.2) is 0 Å². The fourth-order valence-corrected chi connectivity index (χ4v) is 3.62. The molecule has 2 aromatic carbocycles. The fourth-order valence-electron chi connectivity index (χ4n) is 3.62. The molecular weight excluding hydrogens is 326 g/mol. The smallest absolute Gasteiger partial charge is 0.227 e. The lowest BCUT2D eigenvalue weighted by atomic mass is 9.96. The molecule has 5 heteroatoms. The Kier molecular flexibility index (Phi) is 4.73. The van der Waals surface area contributed by atoms with E-state index in [2.05, 4.69) is 22.4 Å². The summed E-state index contributed by atoms with van der Waals surface area (Å²) in [7, 11) is 1.68. The molecule has 0 spiro atoms. The lowest BCUT2D eigenvalue weighted by molar-refractivity contribution is -0.152. The van der Waals surface area contributed by atoms with Crippen molar-refractivity contribution in [1.82, 2.24) is 10.0 Å². The zero-order valence-corrected chi connectivity index (χ0v) is 14.9. The van der Waals surface area contributed by atoms with Crippen LogP contribution in [0.15, 0.2) is 54.6 Å². The van der Waals surface area contributed by atoms with Crippen molar-refractivity contribution in [3.63, 3.8) is 0 Å². The summed E-state index contributed by atoms with van der Waals surface area (Å²) >= 11 is 0. The average molecular weight is 349 g/mol. The monoisotopic (exact) mass is 349 g/mol. The lowest BCUT2D eigenvalue weighted by Crippen LogP contribution is -2.37. The highest BCUT2D eigenvalue weighted by Crippen LogP contribution is 2.35. The van der Waals surface area contributed by atoms with Gasteiger partial charge in [-0.05, 0) is 18.9 Å². The summed E-state index contributed by atoms with van der Waals surface area (Å²) in [4.78, 5) is 21.6. The van der Waals surface area contributed by atoms with Gasteiger partial charge in [0.25, 0.3) is 0 Å². The molecule has 1 aliphatic rings. The van der Waals surface area contributed by atoms with Gasteiger partial charge < -0.3 is 15.1 Å². The predicted molar refractivity (Wildman–Crippen MR) is 104 cm³/mol. The number of anilines is 1. The van der Waals surface area contributed by atoms with E-state index in [1.54, 1.807) is 7.11 Å². The lowest BCUT2D eigenvalue weighted by Gasteiger charge is -2.29. The van der Waals surface area contributed by atoms with Crippen molar-refractivity contribution in [2.24, 2.45) is 5.92 Å². The van der Waals surface area contributed by atoms with Crippen LogP contribution in [0.25, 0.3) is 22.2 Å². The van der Waals surface area contributed by atoms with E-state index >= 15 is 0 Å². The van der Waals surface area contributed by atoms with Crippen LogP contribution >= 0.6 is 0 Å². The Morgan fingerprint density at radius 2 is 1.77 bits per heavy atom. The van der Waals surface area contributed by atoms with Crippen molar-refractivity contribution in [2.75, 3.05) is 25.5 Å². The van der Waals surface area contributed by atoms with Gasteiger partial charge >= 0.3 is 0 Å². The van der Waals surface area contributed by atoms with Crippen LogP contribution in [0.5, 0.6) is 0 Å². The number of nitrogens with one attached hydrogen (secondary N) is 2. The molecule has 0 radical (unpaired) electrons. The second-order valence-electron chi connectivity index (χ2n) is 6.66. The van der Waals surface area contributed by atoms with Gasteiger partial charge in [-0.15, -0.1) is 0 Å². The summed E-state index contributed by atoms with van der Waals surface area (Å²) in [6, 6.07) is 18.2. The Balaban J connectivity index is 1.64. The minimum atomic E-state index is 0.0127. The zero-order chi connectivity index (χ0) is 17.9. The summed E-state index contributed by atoms with van der Waals surface area (Å²) in [5.41, 5.74) is 3.91. The van der Waals surface area contributed by atoms with Crippen molar-refractivity contribution in [3.8, 4) is 11.3 Å². The molecule has 1 aliphatic heterocycles. The molecule has 1 saturated heterocycles. The van der Waals surface area contributed by atoms with Crippen molar-refractivity contribution in [1.29, 1.82) is 0 Å². The molecule has 3 aromatic rings. The van der Waals surface area contributed by atoms with Gasteiger partial charge in [0.15, 0.2) is 0 Å². The summed E-state index contributed by atoms with van der Waals surface area (Å²) in [6.07, 6.45) is 1.62. The number of carbonyl (C=O) groups excluding carboxylic acids is 1. The van der Waals surface area contributed by atoms with Crippen LogP contribution in [0.4, 0.5) is 5.69 Å². The van der Waals surface area contributed by atoms with Gasteiger partial charge in [0, 0.05) is 35.5 Å². The molecule has 1 aromatic heterocycles. The van der Waals surface area contributed by atoms with Gasteiger partial charge in [-0.2, -0.15) is 5.06 Å². The van der Waals surface area contributed by atoms with E-state index in [-0.39, 0.29) is 11.8 Å². The number of H-pyrrole nitrogens is 1. The maximum Gasteiger partial charge on any atom is 0.227 e. The number of hydrogen-bond donors (Lipinski definition) is 2. The van der Waals surface area contributed by atoms with Crippen LogP contribution < -0.4 is 5.32 Å². The third kappa shape index (κ3) is 3.23. The van der Waals surface area contributed by atoms with E-state index < -0.39 is 0 Å². The molecule has 0 saturated carbocycles. The Labute approximate surface area is 152 Å². The van der Waals surface area contributed by atoms with Gasteiger partial charge in [-0.3, -0.25) is 4.79 Å². The van der Waals surface area contributed by atoms with Crippen LogP contribution in [0.1, 0.15) is 12.8 Å².